The zero-order chi connectivity index (χ0) is 8.27. The first-order chi connectivity index (χ1) is 5.20. The third-order valence-corrected chi connectivity index (χ3v) is 1.28. The summed E-state index contributed by atoms with van der Waals surface area (Å²) in [4.78, 5) is 7.54. The lowest BCUT2D eigenvalue weighted by Crippen LogP contribution is -2.06. The van der Waals surface area contributed by atoms with Gasteiger partial charge < -0.3 is 4.74 Å². The molecule has 0 atom stereocenters. The van der Waals surface area contributed by atoms with Crippen LogP contribution >= 0.6 is 11.6 Å². The number of hydrogen-bond acceptors (Lipinski definition) is 3. The Hall–Kier alpha value is -0.830. The summed E-state index contributed by atoms with van der Waals surface area (Å²) >= 11 is 5.69. The van der Waals surface area contributed by atoms with E-state index < -0.39 is 0 Å². The van der Waals surface area contributed by atoms with Crippen LogP contribution in [-0.2, 0) is 0 Å². The van der Waals surface area contributed by atoms with Crippen molar-refractivity contribution in [2.24, 2.45) is 0 Å². The second-order valence-corrected chi connectivity index (χ2v) is 2.70. The highest BCUT2D eigenvalue weighted by Crippen LogP contribution is 2.19. The third-order valence-electron chi connectivity index (χ3n) is 0.996. The van der Waals surface area contributed by atoms with Gasteiger partial charge in [0.1, 0.15) is 6.33 Å². The number of rotatable bonds is 2. The minimum Gasteiger partial charge on any atom is -0.486 e. The summed E-state index contributed by atoms with van der Waals surface area (Å²) in [6.45, 7) is 3.84. The quantitative estimate of drug-likeness (QED) is 0.640. The number of hydrogen-bond donors (Lipinski definition) is 0. The van der Waals surface area contributed by atoms with E-state index in [4.69, 9.17) is 16.3 Å². The summed E-state index contributed by atoms with van der Waals surface area (Å²) in [5, 5.41) is 0.355. The van der Waals surface area contributed by atoms with Gasteiger partial charge in [-0.25, -0.2) is 9.97 Å². The maximum absolute atomic E-state index is 5.69. The van der Waals surface area contributed by atoms with Crippen LogP contribution in [0.2, 0.25) is 5.15 Å². The van der Waals surface area contributed by atoms with Crippen LogP contribution in [0.1, 0.15) is 13.8 Å². The van der Waals surface area contributed by atoms with E-state index in [0.717, 1.165) is 0 Å². The van der Waals surface area contributed by atoms with Crippen molar-refractivity contribution in [3.63, 3.8) is 0 Å². The Balaban J connectivity index is 2.78. The molecule has 0 aromatic carbocycles. The second kappa shape index (κ2) is 3.53. The number of aromatic nitrogens is 2. The van der Waals surface area contributed by atoms with E-state index in [2.05, 4.69) is 9.97 Å². The fraction of sp³-hybridized carbons (Fsp3) is 0.429. The number of halogens is 1. The number of nitrogens with zero attached hydrogens (tertiary/aromatic N) is 2. The van der Waals surface area contributed by atoms with Crippen LogP contribution in [0.15, 0.2) is 12.5 Å². The molecule has 1 rings (SSSR count). The molecule has 0 unspecified atom stereocenters. The molecule has 0 bridgehead atoms. The van der Waals surface area contributed by atoms with Crippen molar-refractivity contribution in [2.45, 2.75) is 20.0 Å². The van der Waals surface area contributed by atoms with Crippen molar-refractivity contribution in [1.29, 1.82) is 0 Å². The lowest BCUT2D eigenvalue weighted by molar-refractivity contribution is 0.240. The average molecular weight is 173 g/mol. The van der Waals surface area contributed by atoms with E-state index in [0.29, 0.717) is 10.9 Å². The van der Waals surface area contributed by atoms with Gasteiger partial charge in [-0.05, 0) is 13.8 Å². The predicted molar refractivity (Wildman–Crippen MR) is 42.8 cm³/mol. The smallest absolute Gasteiger partial charge is 0.175 e. The molecular weight excluding hydrogens is 164 g/mol. The standard InChI is InChI=1S/C7H9ClN2O/c1-5(2)11-6-3-9-4-10-7(6)8/h3-5H,1-2H3. The van der Waals surface area contributed by atoms with Crippen LogP contribution in [0.25, 0.3) is 0 Å². The van der Waals surface area contributed by atoms with Crippen LogP contribution in [0.3, 0.4) is 0 Å². The zero-order valence-electron chi connectivity index (χ0n) is 6.41. The molecule has 0 saturated heterocycles. The number of ether oxygens (including phenoxy) is 1. The summed E-state index contributed by atoms with van der Waals surface area (Å²) in [6, 6.07) is 0. The van der Waals surface area contributed by atoms with Gasteiger partial charge in [0, 0.05) is 0 Å². The lowest BCUT2D eigenvalue weighted by atomic mass is 10.5. The minimum absolute atomic E-state index is 0.0958. The van der Waals surface area contributed by atoms with Gasteiger partial charge in [0.05, 0.1) is 12.3 Å². The van der Waals surface area contributed by atoms with E-state index in [1.54, 1.807) is 6.20 Å². The Morgan fingerprint density at radius 2 is 2.27 bits per heavy atom. The maximum Gasteiger partial charge on any atom is 0.175 e. The molecule has 0 aliphatic heterocycles. The highest BCUT2D eigenvalue weighted by atomic mass is 35.5. The van der Waals surface area contributed by atoms with Crippen LogP contribution in [0.4, 0.5) is 0 Å². The Kier molecular flexibility index (Phi) is 2.65. The van der Waals surface area contributed by atoms with Gasteiger partial charge in [-0.3, -0.25) is 0 Å². The molecule has 1 aromatic rings. The van der Waals surface area contributed by atoms with E-state index in [9.17, 15) is 0 Å². The topological polar surface area (TPSA) is 35.0 Å². The van der Waals surface area contributed by atoms with Crippen molar-refractivity contribution in [1.82, 2.24) is 9.97 Å². The fourth-order valence-corrected chi connectivity index (χ4v) is 0.772. The monoisotopic (exact) mass is 172 g/mol. The van der Waals surface area contributed by atoms with Crippen LogP contribution in [-0.4, -0.2) is 16.1 Å². The van der Waals surface area contributed by atoms with Gasteiger partial charge in [0.2, 0.25) is 0 Å². The highest BCUT2D eigenvalue weighted by molar-refractivity contribution is 6.30. The van der Waals surface area contributed by atoms with Crippen molar-refractivity contribution in [2.75, 3.05) is 0 Å². The normalized spacial score (nSPS) is 10.2. The molecule has 4 heteroatoms. The van der Waals surface area contributed by atoms with Crippen molar-refractivity contribution in [3.05, 3.63) is 17.7 Å². The van der Waals surface area contributed by atoms with Crippen LogP contribution in [0.5, 0.6) is 5.75 Å². The van der Waals surface area contributed by atoms with Crippen molar-refractivity contribution >= 4 is 11.6 Å². The first-order valence-corrected chi connectivity index (χ1v) is 3.70. The van der Waals surface area contributed by atoms with Crippen molar-refractivity contribution < 1.29 is 4.74 Å². The van der Waals surface area contributed by atoms with E-state index in [1.165, 1.54) is 6.33 Å². The Morgan fingerprint density at radius 3 is 2.82 bits per heavy atom. The molecule has 0 fully saturated rings. The molecule has 0 aliphatic carbocycles. The predicted octanol–water partition coefficient (Wildman–Crippen LogP) is 1.92. The van der Waals surface area contributed by atoms with Gasteiger partial charge in [-0.15, -0.1) is 0 Å². The highest BCUT2D eigenvalue weighted by Gasteiger charge is 2.02. The summed E-state index contributed by atoms with van der Waals surface area (Å²) in [7, 11) is 0. The molecular formula is C7H9ClN2O. The van der Waals surface area contributed by atoms with Gasteiger partial charge in [-0.2, -0.15) is 0 Å². The molecule has 0 saturated carbocycles. The lowest BCUT2D eigenvalue weighted by Gasteiger charge is -2.08. The largest absolute Gasteiger partial charge is 0.486 e. The maximum atomic E-state index is 5.69. The molecule has 0 spiro atoms. The molecule has 3 nitrogen and oxygen atoms in total. The fourth-order valence-electron chi connectivity index (χ4n) is 0.635. The van der Waals surface area contributed by atoms with Crippen LogP contribution in [0, 0.1) is 0 Å². The summed E-state index contributed by atoms with van der Waals surface area (Å²) in [5.41, 5.74) is 0. The van der Waals surface area contributed by atoms with Gasteiger partial charge >= 0.3 is 0 Å². The first kappa shape index (κ1) is 8.27. The molecule has 0 radical (unpaired) electrons. The Bertz CT molecular complexity index is 240. The minimum atomic E-state index is 0.0958. The van der Waals surface area contributed by atoms with Gasteiger partial charge in [-0.1, -0.05) is 11.6 Å². The van der Waals surface area contributed by atoms with Gasteiger partial charge in [0.25, 0.3) is 0 Å². The Labute approximate surface area is 70.4 Å². The van der Waals surface area contributed by atoms with E-state index in [-0.39, 0.29) is 6.10 Å². The zero-order valence-corrected chi connectivity index (χ0v) is 7.17. The molecule has 1 aromatic heterocycles. The molecule has 1 heterocycles. The summed E-state index contributed by atoms with van der Waals surface area (Å²) < 4.78 is 5.29. The molecule has 0 aliphatic rings. The Morgan fingerprint density at radius 1 is 1.55 bits per heavy atom. The molecule has 0 amide bonds. The van der Waals surface area contributed by atoms with Crippen molar-refractivity contribution in [3.8, 4) is 5.75 Å². The summed E-state index contributed by atoms with van der Waals surface area (Å²) in [6.07, 6.45) is 3.03. The van der Waals surface area contributed by atoms with Gasteiger partial charge in [0.15, 0.2) is 10.9 Å². The molecule has 60 valence electrons. The van der Waals surface area contributed by atoms with Crippen LogP contribution < -0.4 is 4.74 Å². The SMILES string of the molecule is CC(C)Oc1cncnc1Cl. The molecule has 11 heavy (non-hydrogen) atoms. The second-order valence-electron chi connectivity index (χ2n) is 2.34. The first-order valence-electron chi connectivity index (χ1n) is 3.32. The summed E-state index contributed by atoms with van der Waals surface area (Å²) in [5.74, 6) is 0.532. The third kappa shape index (κ3) is 2.35. The average Bonchev–Trinajstić information content (AvgIpc) is 1.93. The van der Waals surface area contributed by atoms with E-state index >= 15 is 0 Å². The van der Waals surface area contributed by atoms with E-state index in [1.807, 2.05) is 13.8 Å². The molecule has 0 N–H and O–H groups in total.